The highest BCUT2D eigenvalue weighted by molar-refractivity contribution is 6.62. The van der Waals surface area contributed by atoms with Gasteiger partial charge in [-0.1, -0.05) is 66.7 Å². The molecule has 4 aromatic carbocycles. The molecule has 21 heavy (non-hydrogen) atoms. The van der Waals surface area contributed by atoms with Gasteiger partial charge < -0.3 is 10.0 Å². The molecule has 0 aromatic heterocycles. The molecule has 3 heteroatoms. The Morgan fingerprint density at radius 2 is 1.14 bits per heavy atom. The van der Waals surface area contributed by atoms with E-state index in [1.165, 1.54) is 16.2 Å². The molecule has 0 bridgehead atoms. The first-order valence-electron chi connectivity index (χ1n) is 6.95. The van der Waals surface area contributed by atoms with Crippen LogP contribution in [0.2, 0.25) is 0 Å². The van der Waals surface area contributed by atoms with E-state index in [-0.39, 0.29) is 0 Å². The molecule has 4 aromatic rings. The van der Waals surface area contributed by atoms with Gasteiger partial charge in [-0.25, -0.2) is 0 Å². The SMILES string of the molecule is OB(O)c1cccc2c1ccc1c3ccccc3ccc21. The van der Waals surface area contributed by atoms with Crippen molar-refractivity contribution in [1.82, 2.24) is 0 Å². The lowest BCUT2D eigenvalue weighted by Crippen LogP contribution is -2.30. The monoisotopic (exact) mass is 272 g/mol. The molecule has 0 saturated carbocycles. The third-order valence-corrected chi connectivity index (χ3v) is 4.10. The average Bonchev–Trinajstić information content (AvgIpc) is 2.53. The van der Waals surface area contributed by atoms with Crippen LogP contribution in [0.1, 0.15) is 0 Å². The predicted octanol–water partition coefficient (Wildman–Crippen LogP) is 2.83. The van der Waals surface area contributed by atoms with E-state index in [4.69, 9.17) is 0 Å². The lowest BCUT2D eigenvalue weighted by Gasteiger charge is -2.10. The highest BCUT2D eigenvalue weighted by atomic mass is 16.4. The Morgan fingerprint density at radius 3 is 2.00 bits per heavy atom. The second kappa shape index (κ2) is 4.59. The standard InChI is InChI=1S/C18H13BO2/c20-19(21)18-7-3-6-14-16-9-8-12-4-1-2-5-13(12)15(16)10-11-17(14)18/h1-11,20-21H. The minimum Gasteiger partial charge on any atom is -0.423 e. The summed E-state index contributed by atoms with van der Waals surface area (Å²) >= 11 is 0. The third-order valence-electron chi connectivity index (χ3n) is 4.10. The van der Waals surface area contributed by atoms with Gasteiger partial charge in [-0.05, 0) is 37.8 Å². The zero-order chi connectivity index (χ0) is 14.4. The quantitative estimate of drug-likeness (QED) is 0.413. The summed E-state index contributed by atoms with van der Waals surface area (Å²) < 4.78 is 0. The van der Waals surface area contributed by atoms with Crippen LogP contribution in [0.15, 0.2) is 66.7 Å². The van der Waals surface area contributed by atoms with Crippen molar-refractivity contribution in [2.45, 2.75) is 0 Å². The van der Waals surface area contributed by atoms with Crippen LogP contribution in [0.4, 0.5) is 0 Å². The van der Waals surface area contributed by atoms with Gasteiger partial charge in [0.2, 0.25) is 0 Å². The average molecular weight is 272 g/mol. The number of fused-ring (bicyclic) bond motifs is 5. The van der Waals surface area contributed by atoms with Crippen LogP contribution in [0.3, 0.4) is 0 Å². The molecule has 0 atom stereocenters. The topological polar surface area (TPSA) is 40.5 Å². The fourth-order valence-electron chi connectivity index (χ4n) is 3.11. The zero-order valence-electron chi connectivity index (χ0n) is 11.3. The zero-order valence-corrected chi connectivity index (χ0v) is 11.3. The Labute approximate surface area is 122 Å². The van der Waals surface area contributed by atoms with Gasteiger partial charge in [0.15, 0.2) is 0 Å². The van der Waals surface area contributed by atoms with Crippen LogP contribution in [0.25, 0.3) is 32.3 Å². The molecule has 2 N–H and O–H groups in total. The van der Waals surface area contributed by atoms with Crippen molar-refractivity contribution >= 4 is 44.9 Å². The minimum absolute atomic E-state index is 0.544. The molecule has 4 rings (SSSR count). The summed E-state index contributed by atoms with van der Waals surface area (Å²) in [5.41, 5.74) is 0.544. The molecule has 0 aliphatic heterocycles. The van der Waals surface area contributed by atoms with E-state index in [1.54, 1.807) is 6.07 Å². The maximum Gasteiger partial charge on any atom is 0.489 e. The molecule has 0 heterocycles. The van der Waals surface area contributed by atoms with Gasteiger partial charge in [0.25, 0.3) is 0 Å². The Bertz CT molecular complexity index is 976. The van der Waals surface area contributed by atoms with Gasteiger partial charge in [-0.3, -0.25) is 0 Å². The fraction of sp³-hybridized carbons (Fsp3) is 0. The number of hydrogen-bond acceptors (Lipinski definition) is 2. The predicted molar refractivity (Wildman–Crippen MR) is 88.8 cm³/mol. The molecule has 0 saturated heterocycles. The van der Waals surface area contributed by atoms with Gasteiger partial charge in [0, 0.05) is 0 Å². The number of hydrogen-bond donors (Lipinski definition) is 2. The van der Waals surface area contributed by atoms with Crippen LogP contribution in [-0.2, 0) is 0 Å². The van der Waals surface area contributed by atoms with E-state index >= 15 is 0 Å². The van der Waals surface area contributed by atoms with Crippen molar-refractivity contribution in [1.29, 1.82) is 0 Å². The molecular weight excluding hydrogens is 259 g/mol. The summed E-state index contributed by atoms with van der Waals surface area (Å²) in [5, 5.41) is 25.7. The Kier molecular flexibility index (Phi) is 2.71. The lowest BCUT2D eigenvalue weighted by atomic mass is 9.76. The van der Waals surface area contributed by atoms with Gasteiger partial charge in [0.05, 0.1) is 0 Å². The Morgan fingerprint density at radius 1 is 0.524 bits per heavy atom. The summed E-state index contributed by atoms with van der Waals surface area (Å²) in [5.74, 6) is 0. The van der Waals surface area contributed by atoms with Crippen molar-refractivity contribution in [3.8, 4) is 0 Å². The summed E-state index contributed by atoms with van der Waals surface area (Å²) in [6, 6.07) is 22.2. The normalized spacial score (nSPS) is 11.3. The van der Waals surface area contributed by atoms with E-state index in [2.05, 4.69) is 30.3 Å². The van der Waals surface area contributed by atoms with E-state index in [9.17, 15) is 10.0 Å². The third kappa shape index (κ3) is 1.83. The summed E-state index contributed by atoms with van der Waals surface area (Å²) in [6.45, 7) is 0. The molecule has 0 unspecified atom stereocenters. The van der Waals surface area contributed by atoms with Crippen LogP contribution in [0, 0.1) is 0 Å². The number of rotatable bonds is 1. The second-order valence-electron chi connectivity index (χ2n) is 5.26. The first-order valence-corrected chi connectivity index (χ1v) is 6.95. The maximum absolute atomic E-state index is 9.52. The minimum atomic E-state index is -1.45. The van der Waals surface area contributed by atoms with Crippen LogP contribution in [0.5, 0.6) is 0 Å². The van der Waals surface area contributed by atoms with E-state index in [0.717, 1.165) is 16.2 Å². The first-order chi connectivity index (χ1) is 10.3. The Balaban J connectivity index is 2.20. The molecule has 100 valence electrons. The highest BCUT2D eigenvalue weighted by Gasteiger charge is 2.15. The first kappa shape index (κ1) is 12.4. The van der Waals surface area contributed by atoms with Crippen molar-refractivity contribution in [3.05, 3.63) is 66.7 Å². The molecule has 0 amide bonds. The lowest BCUT2D eigenvalue weighted by molar-refractivity contribution is 0.426. The van der Waals surface area contributed by atoms with Crippen LogP contribution < -0.4 is 5.46 Å². The summed E-state index contributed by atoms with van der Waals surface area (Å²) in [6.07, 6.45) is 0. The summed E-state index contributed by atoms with van der Waals surface area (Å²) in [7, 11) is -1.45. The molecular formula is C18H13BO2. The molecule has 0 aliphatic rings. The van der Waals surface area contributed by atoms with Crippen LogP contribution in [-0.4, -0.2) is 17.2 Å². The van der Waals surface area contributed by atoms with E-state index in [0.29, 0.717) is 5.46 Å². The van der Waals surface area contributed by atoms with E-state index < -0.39 is 7.12 Å². The molecule has 0 aliphatic carbocycles. The number of benzene rings is 4. The van der Waals surface area contributed by atoms with Crippen molar-refractivity contribution in [2.75, 3.05) is 0 Å². The van der Waals surface area contributed by atoms with E-state index in [1.807, 2.05) is 30.3 Å². The Hall–Kier alpha value is -2.36. The van der Waals surface area contributed by atoms with Crippen molar-refractivity contribution in [2.24, 2.45) is 0 Å². The summed E-state index contributed by atoms with van der Waals surface area (Å²) in [4.78, 5) is 0. The largest absolute Gasteiger partial charge is 0.489 e. The second-order valence-corrected chi connectivity index (χ2v) is 5.26. The van der Waals surface area contributed by atoms with Crippen molar-refractivity contribution in [3.63, 3.8) is 0 Å². The fourth-order valence-corrected chi connectivity index (χ4v) is 3.11. The highest BCUT2D eigenvalue weighted by Crippen LogP contribution is 2.30. The molecule has 0 radical (unpaired) electrons. The molecule has 0 spiro atoms. The van der Waals surface area contributed by atoms with Gasteiger partial charge in [0.1, 0.15) is 0 Å². The molecule has 0 fully saturated rings. The van der Waals surface area contributed by atoms with Crippen molar-refractivity contribution < 1.29 is 10.0 Å². The van der Waals surface area contributed by atoms with Gasteiger partial charge in [-0.15, -0.1) is 0 Å². The maximum atomic E-state index is 9.52. The van der Waals surface area contributed by atoms with Crippen LogP contribution >= 0.6 is 0 Å². The molecule has 2 nitrogen and oxygen atoms in total. The van der Waals surface area contributed by atoms with Gasteiger partial charge in [-0.2, -0.15) is 0 Å². The van der Waals surface area contributed by atoms with Gasteiger partial charge >= 0.3 is 7.12 Å². The smallest absolute Gasteiger partial charge is 0.423 e.